The Kier molecular flexibility index (Phi) is 4.83. The number of amides is 1. The first kappa shape index (κ1) is 19.3. The Morgan fingerprint density at radius 1 is 1.07 bits per heavy atom. The number of aromatic nitrogens is 2. The lowest BCUT2D eigenvalue weighted by Crippen LogP contribution is -2.41. The van der Waals surface area contributed by atoms with Crippen molar-refractivity contribution in [1.82, 2.24) is 14.3 Å². The van der Waals surface area contributed by atoms with Crippen LogP contribution in [0, 0.1) is 5.92 Å². The maximum atomic E-state index is 13.1. The molecule has 2 aromatic carbocycles. The molecule has 0 saturated carbocycles. The summed E-state index contributed by atoms with van der Waals surface area (Å²) in [6.07, 6.45) is 4.06. The molecule has 1 fully saturated rings. The quantitative estimate of drug-likeness (QED) is 0.673. The summed E-state index contributed by atoms with van der Waals surface area (Å²) < 4.78 is 27.6. The summed E-state index contributed by atoms with van der Waals surface area (Å²) in [4.78, 5) is 20.5. The molecule has 1 aliphatic carbocycles. The molecule has 0 atom stereocenters. The van der Waals surface area contributed by atoms with Crippen molar-refractivity contribution in [2.75, 3.05) is 18.4 Å². The number of hydrogen-bond donors (Lipinski definition) is 2. The molecule has 0 spiro atoms. The Balaban J connectivity index is 1.23. The molecule has 30 heavy (non-hydrogen) atoms. The molecule has 156 valence electrons. The number of aryl methyl sites for hydroxylation is 2. The summed E-state index contributed by atoms with van der Waals surface area (Å²) in [5, 5.41) is 2.84. The predicted molar refractivity (Wildman–Crippen MR) is 115 cm³/mol. The number of aromatic amines is 1. The van der Waals surface area contributed by atoms with E-state index in [1.54, 1.807) is 6.07 Å². The third-order valence-electron chi connectivity index (χ3n) is 6.16. The molecule has 0 unspecified atom stereocenters. The topological polar surface area (TPSA) is 95.2 Å². The van der Waals surface area contributed by atoms with Gasteiger partial charge in [-0.15, -0.1) is 0 Å². The van der Waals surface area contributed by atoms with Crippen molar-refractivity contribution in [3.05, 3.63) is 53.6 Å². The molecule has 1 saturated heterocycles. The zero-order valence-electron chi connectivity index (χ0n) is 16.6. The van der Waals surface area contributed by atoms with E-state index in [0.717, 1.165) is 35.9 Å². The van der Waals surface area contributed by atoms with Crippen molar-refractivity contribution in [1.29, 1.82) is 0 Å². The highest BCUT2D eigenvalue weighted by molar-refractivity contribution is 7.89. The lowest BCUT2D eigenvalue weighted by molar-refractivity contribution is -0.120. The minimum absolute atomic E-state index is 0.122. The first-order valence-corrected chi connectivity index (χ1v) is 11.8. The van der Waals surface area contributed by atoms with Gasteiger partial charge in [0.1, 0.15) is 0 Å². The zero-order chi connectivity index (χ0) is 20.7. The average molecular weight is 425 g/mol. The van der Waals surface area contributed by atoms with E-state index in [1.807, 2.05) is 36.4 Å². The average Bonchev–Trinajstić information content (AvgIpc) is 3.39. The summed E-state index contributed by atoms with van der Waals surface area (Å²) in [7, 11) is -3.53. The maximum Gasteiger partial charge on any atom is 0.243 e. The number of fused-ring (bicyclic) bond motifs is 2. The van der Waals surface area contributed by atoms with Crippen LogP contribution in [0.2, 0.25) is 0 Å². The monoisotopic (exact) mass is 424 g/mol. The van der Waals surface area contributed by atoms with E-state index in [1.165, 1.54) is 9.87 Å². The molecule has 0 bridgehead atoms. The number of nitrogens with zero attached hydrogens (tertiary/aromatic N) is 2. The highest BCUT2D eigenvalue weighted by atomic mass is 32.2. The van der Waals surface area contributed by atoms with E-state index in [0.29, 0.717) is 36.8 Å². The third-order valence-corrected chi connectivity index (χ3v) is 8.06. The number of nitrogens with one attached hydrogen (secondary N) is 2. The first-order valence-electron chi connectivity index (χ1n) is 10.4. The van der Waals surface area contributed by atoms with Crippen LogP contribution in [-0.2, 0) is 27.7 Å². The van der Waals surface area contributed by atoms with Gasteiger partial charge in [0.25, 0.3) is 0 Å². The molecule has 1 amide bonds. The molecule has 2 aliphatic rings. The number of H-pyrrole nitrogens is 1. The minimum atomic E-state index is -3.53. The smallest absolute Gasteiger partial charge is 0.243 e. The van der Waals surface area contributed by atoms with Crippen LogP contribution in [0.1, 0.15) is 30.4 Å². The summed E-state index contributed by atoms with van der Waals surface area (Å²) >= 11 is 0. The molecule has 0 radical (unpaired) electrons. The van der Waals surface area contributed by atoms with E-state index >= 15 is 0 Å². The van der Waals surface area contributed by atoms with Crippen LogP contribution < -0.4 is 5.32 Å². The maximum absolute atomic E-state index is 13.1. The van der Waals surface area contributed by atoms with E-state index < -0.39 is 10.0 Å². The number of rotatable bonds is 4. The normalized spacial score (nSPS) is 17.9. The fraction of sp³-hybridized carbons (Fsp3) is 0.364. The molecular formula is C22H24N4O3S. The number of carbonyl (C=O) groups is 1. The first-order chi connectivity index (χ1) is 14.5. The fourth-order valence-corrected chi connectivity index (χ4v) is 5.97. The second-order valence-corrected chi connectivity index (χ2v) is 9.99. The van der Waals surface area contributed by atoms with Crippen molar-refractivity contribution in [2.45, 2.75) is 37.0 Å². The molecule has 1 aromatic heterocycles. The number of imidazole rings is 1. The lowest BCUT2D eigenvalue weighted by atomic mass is 9.97. The van der Waals surface area contributed by atoms with Crippen LogP contribution in [0.15, 0.2) is 47.4 Å². The van der Waals surface area contributed by atoms with Crippen LogP contribution >= 0.6 is 0 Å². The summed E-state index contributed by atoms with van der Waals surface area (Å²) in [5.41, 5.74) is 4.07. The summed E-state index contributed by atoms with van der Waals surface area (Å²) in [6.45, 7) is 0.690. The molecule has 3 aromatic rings. The van der Waals surface area contributed by atoms with Gasteiger partial charge < -0.3 is 4.98 Å². The number of para-hydroxylation sites is 2. The predicted octanol–water partition coefficient (Wildman–Crippen LogP) is 3.09. The van der Waals surface area contributed by atoms with Gasteiger partial charge in [-0.3, -0.25) is 10.1 Å². The second-order valence-electron chi connectivity index (χ2n) is 8.05. The Bertz CT molecular complexity index is 1180. The van der Waals surface area contributed by atoms with Gasteiger partial charge in [-0.1, -0.05) is 18.2 Å². The Morgan fingerprint density at radius 2 is 1.83 bits per heavy atom. The van der Waals surface area contributed by atoms with Crippen molar-refractivity contribution in [3.8, 4) is 0 Å². The third kappa shape index (κ3) is 3.50. The summed E-state index contributed by atoms with van der Waals surface area (Å²) in [5.74, 6) is 0.0720. The Hall–Kier alpha value is -2.71. The summed E-state index contributed by atoms with van der Waals surface area (Å²) in [6, 6.07) is 13.1. The van der Waals surface area contributed by atoms with E-state index in [-0.39, 0.29) is 11.8 Å². The van der Waals surface area contributed by atoms with Crippen molar-refractivity contribution in [2.24, 2.45) is 5.92 Å². The fourth-order valence-electron chi connectivity index (χ4n) is 4.45. The van der Waals surface area contributed by atoms with Crippen LogP contribution in [0.3, 0.4) is 0 Å². The van der Waals surface area contributed by atoms with Gasteiger partial charge in [0.2, 0.25) is 21.9 Å². The highest BCUT2D eigenvalue weighted by Gasteiger charge is 2.32. The van der Waals surface area contributed by atoms with Crippen LogP contribution in [0.5, 0.6) is 0 Å². The van der Waals surface area contributed by atoms with E-state index in [9.17, 15) is 13.2 Å². The minimum Gasteiger partial charge on any atom is -0.324 e. The van der Waals surface area contributed by atoms with Crippen LogP contribution in [0.25, 0.3) is 11.0 Å². The lowest BCUT2D eigenvalue weighted by Gasteiger charge is -2.30. The molecule has 2 N–H and O–H groups in total. The Morgan fingerprint density at radius 3 is 2.63 bits per heavy atom. The SMILES string of the molecule is O=C(Nc1nc2ccccc2[nH]1)C1CCN(S(=O)(=O)c2ccc3c(c2)CCC3)CC1. The van der Waals surface area contributed by atoms with Crippen LogP contribution in [0.4, 0.5) is 5.95 Å². The molecular weight excluding hydrogens is 400 g/mol. The van der Waals surface area contributed by atoms with E-state index in [2.05, 4.69) is 15.3 Å². The van der Waals surface area contributed by atoms with E-state index in [4.69, 9.17) is 0 Å². The zero-order valence-corrected chi connectivity index (χ0v) is 17.4. The number of hydrogen-bond acceptors (Lipinski definition) is 4. The van der Waals surface area contributed by atoms with Gasteiger partial charge in [0.15, 0.2) is 0 Å². The van der Waals surface area contributed by atoms with Gasteiger partial charge in [-0.25, -0.2) is 13.4 Å². The largest absolute Gasteiger partial charge is 0.324 e. The number of anilines is 1. The number of piperidine rings is 1. The molecule has 5 rings (SSSR count). The van der Waals surface area contributed by atoms with Crippen LogP contribution in [-0.4, -0.2) is 41.7 Å². The van der Waals surface area contributed by atoms with Crippen molar-refractivity contribution in [3.63, 3.8) is 0 Å². The number of benzene rings is 2. The van der Waals surface area contributed by atoms with Gasteiger partial charge >= 0.3 is 0 Å². The number of sulfonamides is 1. The molecule has 2 heterocycles. The molecule has 1 aliphatic heterocycles. The standard InChI is InChI=1S/C22H24N4O3S/c27-21(25-22-23-19-6-1-2-7-20(19)24-22)16-10-12-26(13-11-16)30(28,29)18-9-8-15-4-3-5-17(15)14-18/h1-2,6-9,14,16H,3-5,10-13H2,(H2,23,24,25,27). The highest BCUT2D eigenvalue weighted by Crippen LogP contribution is 2.29. The molecule has 7 nitrogen and oxygen atoms in total. The van der Waals surface area contributed by atoms with Gasteiger partial charge in [-0.05, 0) is 67.5 Å². The second kappa shape index (κ2) is 7.52. The Labute approximate surface area is 175 Å². The molecule has 8 heteroatoms. The van der Waals surface area contributed by atoms with Gasteiger partial charge in [0.05, 0.1) is 15.9 Å². The van der Waals surface area contributed by atoms with Gasteiger partial charge in [-0.2, -0.15) is 4.31 Å². The van der Waals surface area contributed by atoms with Gasteiger partial charge in [0, 0.05) is 19.0 Å². The number of carbonyl (C=O) groups excluding carboxylic acids is 1. The van der Waals surface area contributed by atoms with Crippen molar-refractivity contribution >= 4 is 32.9 Å². The van der Waals surface area contributed by atoms with Crippen molar-refractivity contribution < 1.29 is 13.2 Å².